The molecule has 1 atom stereocenters. The van der Waals surface area contributed by atoms with Crippen LogP contribution in [0.15, 0.2) is 35.9 Å². The van der Waals surface area contributed by atoms with Crippen molar-refractivity contribution in [2.45, 2.75) is 26.3 Å². The van der Waals surface area contributed by atoms with Crippen LogP contribution in [-0.2, 0) is 9.53 Å². The monoisotopic (exact) mass is 295 g/mol. The summed E-state index contributed by atoms with van der Waals surface area (Å²) in [6, 6.07) is 5.95. The minimum atomic E-state index is -0.723. The zero-order valence-electron chi connectivity index (χ0n) is 11.8. The number of hydrogen-bond acceptors (Lipinski definition) is 3. The van der Waals surface area contributed by atoms with E-state index >= 15 is 0 Å². The van der Waals surface area contributed by atoms with Crippen LogP contribution in [0.25, 0.3) is 0 Å². The summed E-state index contributed by atoms with van der Waals surface area (Å²) < 4.78 is 4.70. The molecule has 5 heteroatoms. The summed E-state index contributed by atoms with van der Waals surface area (Å²) in [6.07, 6.45) is 2.25. The summed E-state index contributed by atoms with van der Waals surface area (Å²) in [6.45, 7) is 3.84. The molecule has 0 heterocycles. The topological polar surface area (TPSA) is 55.4 Å². The predicted octanol–water partition coefficient (Wildman–Crippen LogP) is 2.97. The Morgan fingerprint density at radius 1 is 1.35 bits per heavy atom. The van der Waals surface area contributed by atoms with Gasteiger partial charge < -0.3 is 10.1 Å². The van der Waals surface area contributed by atoms with E-state index in [1.54, 1.807) is 24.3 Å². The molecular formula is C15H18ClNO3. The second-order valence-corrected chi connectivity index (χ2v) is 4.95. The number of nitrogens with one attached hydrogen (secondary N) is 1. The summed E-state index contributed by atoms with van der Waals surface area (Å²) in [5, 5.41) is 2.98. The number of hydrogen-bond donors (Lipinski definition) is 1. The third kappa shape index (κ3) is 4.70. The van der Waals surface area contributed by atoms with E-state index in [1.807, 2.05) is 19.9 Å². The lowest BCUT2D eigenvalue weighted by molar-refractivity contribution is -0.142. The van der Waals surface area contributed by atoms with Gasteiger partial charge in [-0.05, 0) is 32.4 Å². The molecule has 4 nitrogen and oxygen atoms in total. The Labute approximate surface area is 123 Å². The third-order valence-electron chi connectivity index (χ3n) is 2.67. The quantitative estimate of drug-likeness (QED) is 0.671. The molecule has 0 aliphatic carbocycles. The summed E-state index contributed by atoms with van der Waals surface area (Å²) in [5.41, 5.74) is 1.39. The van der Waals surface area contributed by atoms with Gasteiger partial charge in [0, 0.05) is 0 Å². The van der Waals surface area contributed by atoms with E-state index in [0.717, 1.165) is 5.57 Å². The highest BCUT2D eigenvalue weighted by Crippen LogP contribution is 2.15. The molecule has 0 radical (unpaired) electrons. The average Bonchev–Trinajstić information content (AvgIpc) is 2.42. The van der Waals surface area contributed by atoms with Crippen LogP contribution in [0, 0.1) is 0 Å². The number of methoxy groups -OCH3 is 1. The summed E-state index contributed by atoms with van der Waals surface area (Å²) in [4.78, 5) is 23.8. The van der Waals surface area contributed by atoms with Gasteiger partial charge >= 0.3 is 5.97 Å². The molecule has 0 spiro atoms. The molecule has 1 N–H and O–H groups in total. The van der Waals surface area contributed by atoms with Gasteiger partial charge in [-0.1, -0.05) is 35.4 Å². The van der Waals surface area contributed by atoms with E-state index in [2.05, 4.69) is 5.32 Å². The summed E-state index contributed by atoms with van der Waals surface area (Å²) in [7, 11) is 1.29. The predicted molar refractivity (Wildman–Crippen MR) is 78.8 cm³/mol. The highest BCUT2D eigenvalue weighted by molar-refractivity contribution is 6.33. The third-order valence-corrected chi connectivity index (χ3v) is 3.00. The van der Waals surface area contributed by atoms with Gasteiger partial charge in [0.15, 0.2) is 0 Å². The molecule has 0 saturated carbocycles. The molecule has 0 aliphatic rings. The Hall–Kier alpha value is -1.81. The van der Waals surface area contributed by atoms with Gasteiger partial charge in [-0.15, -0.1) is 0 Å². The van der Waals surface area contributed by atoms with Gasteiger partial charge in [-0.2, -0.15) is 0 Å². The maximum absolute atomic E-state index is 12.1. The smallest absolute Gasteiger partial charge is 0.328 e. The fourth-order valence-corrected chi connectivity index (χ4v) is 1.81. The lowest BCUT2D eigenvalue weighted by atomic mass is 10.1. The van der Waals surface area contributed by atoms with Crippen molar-refractivity contribution >= 4 is 23.5 Å². The Balaban J connectivity index is 2.84. The molecule has 1 aromatic carbocycles. The van der Waals surface area contributed by atoms with Crippen LogP contribution in [-0.4, -0.2) is 25.0 Å². The maximum Gasteiger partial charge on any atom is 0.328 e. The molecule has 20 heavy (non-hydrogen) atoms. The second-order valence-electron chi connectivity index (χ2n) is 4.55. The maximum atomic E-state index is 12.1. The van der Waals surface area contributed by atoms with Crippen LogP contribution < -0.4 is 5.32 Å². The fraction of sp³-hybridized carbons (Fsp3) is 0.333. The van der Waals surface area contributed by atoms with Gasteiger partial charge in [0.25, 0.3) is 5.91 Å². The van der Waals surface area contributed by atoms with E-state index in [0.29, 0.717) is 17.0 Å². The lowest BCUT2D eigenvalue weighted by Gasteiger charge is -2.15. The summed E-state index contributed by atoms with van der Waals surface area (Å²) in [5.74, 6) is -0.879. The van der Waals surface area contributed by atoms with Crippen LogP contribution in [0.1, 0.15) is 30.6 Å². The van der Waals surface area contributed by atoms with Crippen LogP contribution in [0.5, 0.6) is 0 Å². The number of halogens is 1. The number of benzene rings is 1. The van der Waals surface area contributed by atoms with Crippen LogP contribution >= 0.6 is 11.6 Å². The van der Waals surface area contributed by atoms with Gasteiger partial charge in [-0.3, -0.25) is 4.79 Å². The van der Waals surface area contributed by atoms with Gasteiger partial charge in [0.05, 0.1) is 17.7 Å². The van der Waals surface area contributed by atoms with Crippen molar-refractivity contribution in [1.82, 2.24) is 5.32 Å². The van der Waals surface area contributed by atoms with Gasteiger partial charge in [0.1, 0.15) is 6.04 Å². The zero-order valence-corrected chi connectivity index (χ0v) is 12.5. The van der Waals surface area contributed by atoms with E-state index in [4.69, 9.17) is 16.3 Å². The number of ether oxygens (including phenoxy) is 1. The Kier molecular flexibility index (Phi) is 6.25. The molecular weight excluding hydrogens is 278 g/mol. The molecule has 0 unspecified atom stereocenters. The SMILES string of the molecule is COC(=O)[C@H](CC=C(C)C)NC(=O)c1ccccc1Cl. The minimum Gasteiger partial charge on any atom is -0.467 e. The lowest BCUT2D eigenvalue weighted by Crippen LogP contribution is -2.41. The first-order valence-corrected chi connectivity index (χ1v) is 6.60. The number of allylic oxidation sites excluding steroid dienone is 1. The van der Waals surface area contributed by atoms with Crippen molar-refractivity contribution in [3.05, 3.63) is 46.5 Å². The van der Waals surface area contributed by atoms with E-state index in [9.17, 15) is 9.59 Å². The van der Waals surface area contributed by atoms with Crippen LogP contribution in [0.2, 0.25) is 5.02 Å². The molecule has 108 valence electrons. The molecule has 0 aliphatic heterocycles. The average molecular weight is 296 g/mol. The Morgan fingerprint density at radius 3 is 2.55 bits per heavy atom. The second kappa shape index (κ2) is 7.70. The van der Waals surface area contributed by atoms with Gasteiger partial charge in [0.2, 0.25) is 0 Å². The highest BCUT2D eigenvalue weighted by atomic mass is 35.5. The molecule has 1 aromatic rings. The van der Waals surface area contributed by atoms with Crippen molar-refractivity contribution in [2.75, 3.05) is 7.11 Å². The fourth-order valence-electron chi connectivity index (χ4n) is 1.59. The zero-order chi connectivity index (χ0) is 15.1. The van der Waals surface area contributed by atoms with Gasteiger partial charge in [-0.25, -0.2) is 4.79 Å². The molecule has 1 amide bonds. The first-order valence-electron chi connectivity index (χ1n) is 6.22. The Bertz CT molecular complexity index is 522. The molecule has 0 fully saturated rings. The number of esters is 1. The molecule has 0 saturated heterocycles. The Morgan fingerprint density at radius 2 is 2.00 bits per heavy atom. The number of rotatable bonds is 5. The van der Waals surface area contributed by atoms with Crippen molar-refractivity contribution < 1.29 is 14.3 Å². The largest absolute Gasteiger partial charge is 0.467 e. The van der Waals surface area contributed by atoms with Crippen LogP contribution in [0.4, 0.5) is 0 Å². The van der Waals surface area contributed by atoms with Crippen molar-refractivity contribution in [2.24, 2.45) is 0 Å². The first kappa shape index (κ1) is 16.2. The number of carbonyl (C=O) groups is 2. The number of amides is 1. The first-order chi connectivity index (χ1) is 9.45. The summed E-state index contributed by atoms with van der Waals surface area (Å²) >= 11 is 5.95. The number of carbonyl (C=O) groups excluding carboxylic acids is 2. The van der Waals surface area contributed by atoms with E-state index in [1.165, 1.54) is 7.11 Å². The van der Waals surface area contributed by atoms with Crippen molar-refractivity contribution in [1.29, 1.82) is 0 Å². The normalized spacial score (nSPS) is 11.4. The van der Waals surface area contributed by atoms with Crippen molar-refractivity contribution in [3.8, 4) is 0 Å². The minimum absolute atomic E-state index is 0.334. The molecule has 0 bridgehead atoms. The highest BCUT2D eigenvalue weighted by Gasteiger charge is 2.21. The molecule has 1 rings (SSSR count). The van der Waals surface area contributed by atoms with Crippen molar-refractivity contribution in [3.63, 3.8) is 0 Å². The van der Waals surface area contributed by atoms with E-state index in [-0.39, 0.29) is 0 Å². The standard InChI is InChI=1S/C15H18ClNO3/c1-10(2)8-9-13(15(19)20-3)17-14(18)11-6-4-5-7-12(11)16/h4-8,13H,9H2,1-3H3,(H,17,18)/t13-/m0/s1. The van der Waals surface area contributed by atoms with E-state index < -0.39 is 17.9 Å². The molecule has 0 aromatic heterocycles. The van der Waals surface area contributed by atoms with Crippen LogP contribution in [0.3, 0.4) is 0 Å².